The van der Waals surface area contributed by atoms with Crippen LogP contribution in [0.1, 0.15) is 10.4 Å². The van der Waals surface area contributed by atoms with Gasteiger partial charge in [0.05, 0.1) is 23.5 Å². The van der Waals surface area contributed by atoms with E-state index in [-0.39, 0.29) is 23.5 Å². The second-order valence-corrected chi connectivity index (χ2v) is 6.24. The summed E-state index contributed by atoms with van der Waals surface area (Å²) in [6.45, 7) is -0.874. The number of carbonyl (C=O) groups is 1. The molecular formula is C16H15F2IN2O4. The first kappa shape index (κ1) is 19.5. The van der Waals surface area contributed by atoms with Crippen molar-refractivity contribution in [3.63, 3.8) is 0 Å². The normalized spacial score (nSPS) is 11.9. The molecule has 4 N–H and O–H groups in total. The molecule has 0 heterocycles. The van der Waals surface area contributed by atoms with Gasteiger partial charge in [-0.25, -0.2) is 14.3 Å². The van der Waals surface area contributed by atoms with E-state index in [1.54, 1.807) is 6.07 Å². The van der Waals surface area contributed by atoms with Crippen molar-refractivity contribution in [2.45, 2.75) is 6.10 Å². The Bertz CT molecular complexity index is 761. The van der Waals surface area contributed by atoms with Gasteiger partial charge in [-0.15, -0.1) is 0 Å². The summed E-state index contributed by atoms with van der Waals surface area (Å²) in [6.07, 6.45) is -1.16. The van der Waals surface area contributed by atoms with Crippen LogP contribution in [-0.4, -0.2) is 35.4 Å². The molecule has 0 aromatic heterocycles. The highest BCUT2D eigenvalue weighted by Crippen LogP contribution is 2.27. The highest BCUT2D eigenvalue weighted by atomic mass is 127. The van der Waals surface area contributed by atoms with Crippen molar-refractivity contribution >= 4 is 39.9 Å². The average Bonchev–Trinajstić information content (AvgIpc) is 2.58. The molecule has 25 heavy (non-hydrogen) atoms. The lowest BCUT2D eigenvalue weighted by Gasteiger charge is -2.14. The summed E-state index contributed by atoms with van der Waals surface area (Å²) in [7, 11) is 0. The molecule has 0 aliphatic rings. The van der Waals surface area contributed by atoms with E-state index in [9.17, 15) is 13.6 Å². The zero-order valence-corrected chi connectivity index (χ0v) is 15.0. The van der Waals surface area contributed by atoms with E-state index < -0.39 is 30.3 Å². The van der Waals surface area contributed by atoms with Gasteiger partial charge in [0.25, 0.3) is 5.91 Å². The predicted octanol–water partition coefficient (Wildman–Crippen LogP) is 2.33. The number of hydrogen-bond acceptors (Lipinski definition) is 5. The summed E-state index contributed by atoms with van der Waals surface area (Å²) in [5, 5.41) is 20.4. The summed E-state index contributed by atoms with van der Waals surface area (Å²) in [5.41, 5.74) is 1.71. The van der Waals surface area contributed by atoms with Gasteiger partial charge in [-0.1, -0.05) is 6.07 Å². The molecule has 1 amide bonds. The fourth-order valence-electron chi connectivity index (χ4n) is 1.88. The van der Waals surface area contributed by atoms with E-state index in [1.807, 2.05) is 28.1 Å². The van der Waals surface area contributed by atoms with Crippen LogP contribution in [0.5, 0.6) is 0 Å². The van der Waals surface area contributed by atoms with E-state index in [1.165, 1.54) is 24.3 Å². The van der Waals surface area contributed by atoms with E-state index in [0.717, 1.165) is 6.07 Å². The van der Waals surface area contributed by atoms with Crippen LogP contribution in [0.2, 0.25) is 0 Å². The number of halogens is 3. The molecule has 0 fully saturated rings. The van der Waals surface area contributed by atoms with Gasteiger partial charge in [0.2, 0.25) is 0 Å². The van der Waals surface area contributed by atoms with Crippen LogP contribution in [0.25, 0.3) is 0 Å². The van der Waals surface area contributed by atoms with Gasteiger partial charge in [0.15, 0.2) is 0 Å². The average molecular weight is 464 g/mol. The summed E-state index contributed by atoms with van der Waals surface area (Å²) >= 11 is 1.94. The number of aliphatic hydroxyl groups excluding tert-OH is 2. The Morgan fingerprint density at radius 3 is 2.68 bits per heavy atom. The van der Waals surface area contributed by atoms with E-state index in [4.69, 9.17) is 15.1 Å². The van der Waals surface area contributed by atoms with Gasteiger partial charge in [-0.3, -0.25) is 9.63 Å². The molecule has 0 saturated heterocycles. The van der Waals surface area contributed by atoms with Crippen molar-refractivity contribution < 1.29 is 28.6 Å². The van der Waals surface area contributed by atoms with E-state index >= 15 is 0 Å². The number of amides is 1. The van der Waals surface area contributed by atoms with Crippen molar-refractivity contribution in [1.29, 1.82) is 0 Å². The van der Waals surface area contributed by atoms with Gasteiger partial charge >= 0.3 is 0 Å². The van der Waals surface area contributed by atoms with Gasteiger partial charge < -0.3 is 15.5 Å². The lowest BCUT2D eigenvalue weighted by molar-refractivity contribution is -0.0295. The minimum Gasteiger partial charge on any atom is -0.394 e. The number of hydrogen-bond donors (Lipinski definition) is 4. The fourth-order valence-corrected chi connectivity index (χ4v) is 2.33. The third-order valence-corrected chi connectivity index (χ3v) is 3.77. The van der Waals surface area contributed by atoms with Gasteiger partial charge in [-0.05, 0) is 52.9 Å². The SMILES string of the molecule is O=C(NOC[C@H](O)CO)c1cccc(F)c1Nc1ccc(I)cc1F. The standard InChI is InChI=1S/C16H15F2IN2O4/c17-12-3-1-2-11(16(24)21-25-8-10(23)7-22)15(12)20-14-5-4-9(19)6-13(14)18/h1-6,10,20,22-23H,7-8H2,(H,21,24)/t10-/m1/s1. The summed E-state index contributed by atoms with van der Waals surface area (Å²) < 4.78 is 28.8. The Morgan fingerprint density at radius 1 is 1.24 bits per heavy atom. The monoisotopic (exact) mass is 464 g/mol. The van der Waals surface area contributed by atoms with Gasteiger partial charge in [0, 0.05) is 3.57 Å². The number of rotatable bonds is 7. The summed E-state index contributed by atoms with van der Waals surface area (Å²) in [6, 6.07) is 8.10. The first-order valence-corrected chi connectivity index (χ1v) is 8.22. The molecule has 2 rings (SSSR count). The second-order valence-electron chi connectivity index (χ2n) is 4.99. The molecule has 2 aromatic carbocycles. The number of carbonyl (C=O) groups excluding carboxylic acids is 1. The quantitative estimate of drug-likeness (QED) is 0.373. The molecule has 0 unspecified atom stereocenters. The number of hydroxylamine groups is 1. The Hall–Kier alpha value is -1.82. The Balaban J connectivity index is 2.19. The third kappa shape index (κ3) is 5.33. The molecule has 2 aromatic rings. The lowest BCUT2D eigenvalue weighted by Crippen LogP contribution is -2.30. The molecule has 0 radical (unpaired) electrons. The van der Waals surface area contributed by atoms with Crippen molar-refractivity contribution in [3.05, 3.63) is 57.2 Å². The molecule has 0 saturated carbocycles. The van der Waals surface area contributed by atoms with E-state index in [0.29, 0.717) is 3.57 Å². The molecular weight excluding hydrogens is 449 g/mol. The van der Waals surface area contributed by atoms with Crippen LogP contribution in [0, 0.1) is 15.2 Å². The molecule has 9 heteroatoms. The molecule has 6 nitrogen and oxygen atoms in total. The summed E-state index contributed by atoms with van der Waals surface area (Å²) in [5.74, 6) is -2.14. The third-order valence-electron chi connectivity index (χ3n) is 3.10. The molecule has 0 aliphatic heterocycles. The molecule has 1 atom stereocenters. The maximum Gasteiger partial charge on any atom is 0.277 e. The lowest BCUT2D eigenvalue weighted by atomic mass is 10.1. The minimum absolute atomic E-state index is 0.0104. The van der Waals surface area contributed by atoms with Crippen LogP contribution in [-0.2, 0) is 4.84 Å². The predicted molar refractivity (Wildman–Crippen MR) is 95.3 cm³/mol. The van der Waals surface area contributed by atoms with Crippen molar-refractivity contribution in [1.82, 2.24) is 5.48 Å². The molecule has 0 aliphatic carbocycles. The number of anilines is 2. The van der Waals surface area contributed by atoms with Crippen LogP contribution < -0.4 is 10.8 Å². The van der Waals surface area contributed by atoms with Crippen LogP contribution >= 0.6 is 22.6 Å². The Kier molecular flexibility index (Phi) is 7.05. The van der Waals surface area contributed by atoms with Gasteiger partial charge in [-0.2, -0.15) is 0 Å². The van der Waals surface area contributed by atoms with Crippen LogP contribution in [0.3, 0.4) is 0 Å². The highest BCUT2D eigenvalue weighted by molar-refractivity contribution is 14.1. The van der Waals surface area contributed by atoms with Crippen molar-refractivity contribution in [3.8, 4) is 0 Å². The van der Waals surface area contributed by atoms with Gasteiger partial charge in [0.1, 0.15) is 24.3 Å². The first-order valence-electron chi connectivity index (χ1n) is 7.14. The number of nitrogens with one attached hydrogen (secondary N) is 2. The van der Waals surface area contributed by atoms with Crippen LogP contribution in [0.4, 0.5) is 20.2 Å². The highest BCUT2D eigenvalue weighted by Gasteiger charge is 2.17. The Morgan fingerprint density at radius 2 is 2.00 bits per heavy atom. The van der Waals surface area contributed by atoms with E-state index in [2.05, 4.69) is 5.32 Å². The van der Waals surface area contributed by atoms with Crippen molar-refractivity contribution in [2.75, 3.05) is 18.5 Å². The molecule has 134 valence electrons. The largest absolute Gasteiger partial charge is 0.394 e. The minimum atomic E-state index is -1.16. The fraction of sp³-hybridized carbons (Fsp3) is 0.188. The topological polar surface area (TPSA) is 90.8 Å². The molecule has 0 spiro atoms. The maximum absolute atomic E-state index is 14.1. The summed E-state index contributed by atoms with van der Waals surface area (Å²) in [4.78, 5) is 16.9. The number of para-hydroxylation sites is 1. The van der Waals surface area contributed by atoms with Crippen LogP contribution in [0.15, 0.2) is 36.4 Å². The maximum atomic E-state index is 14.1. The molecule has 0 bridgehead atoms. The number of benzene rings is 2. The zero-order valence-electron chi connectivity index (χ0n) is 12.8. The Labute approximate surface area is 155 Å². The van der Waals surface area contributed by atoms with Crippen molar-refractivity contribution in [2.24, 2.45) is 0 Å². The first-order chi connectivity index (χ1) is 11.9. The number of aliphatic hydroxyl groups is 2. The zero-order chi connectivity index (χ0) is 18.4. The second kappa shape index (κ2) is 9.04. The smallest absolute Gasteiger partial charge is 0.277 e.